The van der Waals surface area contributed by atoms with E-state index in [4.69, 9.17) is 5.11 Å². The van der Waals surface area contributed by atoms with Crippen LogP contribution in [-0.2, 0) is 9.59 Å². The number of nitrogens with one attached hydrogen (secondary N) is 1. The molecule has 5 heteroatoms. The zero-order chi connectivity index (χ0) is 15.2. The van der Waals surface area contributed by atoms with Crippen LogP contribution >= 0.6 is 0 Å². The van der Waals surface area contributed by atoms with Crippen LogP contribution in [0.2, 0.25) is 0 Å². The summed E-state index contributed by atoms with van der Waals surface area (Å²) in [6.45, 7) is 8.10. The normalized spacial score (nSPS) is 24.1. The highest BCUT2D eigenvalue weighted by molar-refractivity contribution is 5.84. The van der Waals surface area contributed by atoms with Gasteiger partial charge in [-0.05, 0) is 39.7 Å². The maximum Gasteiger partial charge on any atom is 0.305 e. The van der Waals surface area contributed by atoms with Crippen LogP contribution in [0, 0.1) is 5.41 Å². The van der Waals surface area contributed by atoms with E-state index in [1.165, 1.54) is 0 Å². The van der Waals surface area contributed by atoms with Crippen LogP contribution in [0.4, 0.5) is 0 Å². The monoisotopic (exact) mass is 284 g/mol. The molecule has 1 fully saturated rings. The molecule has 0 saturated carbocycles. The summed E-state index contributed by atoms with van der Waals surface area (Å²) >= 11 is 0. The van der Waals surface area contributed by atoms with E-state index in [-0.39, 0.29) is 23.8 Å². The van der Waals surface area contributed by atoms with Crippen molar-refractivity contribution in [3.8, 4) is 0 Å². The van der Waals surface area contributed by atoms with Crippen LogP contribution in [-0.4, -0.2) is 47.6 Å². The summed E-state index contributed by atoms with van der Waals surface area (Å²) in [6.07, 6.45) is 3.77. The lowest BCUT2D eigenvalue weighted by Gasteiger charge is -2.41. The molecule has 0 bridgehead atoms. The van der Waals surface area contributed by atoms with Crippen LogP contribution in [0.3, 0.4) is 0 Å². The fraction of sp³-hybridized carbons (Fsp3) is 0.867. The number of rotatable bonds is 7. The smallest absolute Gasteiger partial charge is 0.305 e. The van der Waals surface area contributed by atoms with E-state index in [9.17, 15) is 9.59 Å². The number of aliphatic carboxylic acids is 1. The van der Waals surface area contributed by atoms with E-state index in [1.807, 2.05) is 13.8 Å². The maximum absolute atomic E-state index is 13.0. The fourth-order valence-corrected chi connectivity index (χ4v) is 3.27. The van der Waals surface area contributed by atoms with Crippen molar-refractivity contribution in [1.82, 2.24) is 10.2 Å². The Morgan fingerprint density at radius 1 is 1.40 bits per heavy atom. The predicted octanol–water partition coefficient (Wildman–Crippen LogP) is 1.87. The molecule has 1 amide bonds. The van der Waals surface area contributed by atoms with Gasteiger partial charge in [-0.3, -0.25) is 9.59 Å². The van der Waals surface area contributed by atoms with E-state index in [0.29, 0.717) is 6.54 Å². The molecule has 0 aliphatic carbocycles. The Labute approximate surface area is 121 Å². The molecule has 1 aliphatic rings. The highest BCUT2D eigenvalue weighted by Crippen LogP contribution is 2.34. The molecule has 20 heavy (non-hydrogen) atoms. The second-order valence-electron chi connectivity index (χ2n) is 5.85. The Kier molecular flexibility index (Phi) is 6.46. The number of amides is 1. The van der Waals surface area contributed by atoms with Crippen LogP contribution in [0.5, 0.6) is 0 Å². The lowest BCUT2D eigenvalue weighted by atomic mass is 9.75. The fourth-order valence-electron chi connectivity index (χ4n) is 3.27. The van der Waals surface area contributed by atoms with Crippen molar-refractivity contribution in [3.05, 3.63) is 0 Å². The first-order valence-electron chi connectivity index (χ1n) is 7.70. The minimum Gasteiger partial charge on any atom is -0.481 e. The second-order valence-corrected chi connectivity index (χ2v) is 5.85. The Bertz CT molecular complexity index is 333. The zero-order valence-electron chi connectivity index (χ0n) is 12.9. The lowest BCUT2D eigenvalue weighted by molar-refractivity contribution is -0.148. The quantitative estimate of drug-likeness (QED) is 0.749. The van der Waals surface area contributed by atoms with Crippen molar-refractivity contribution < 1.29 is 14.7 Å². The van der Waals surface area contributed by atoms with Crippen molar-refractivity contribution in [2.24, 2.45) is 5.41 Å². The van der Waals surface area contributed by atoms with Gasteiger partial charge in [0.05, 0.1) is 11.8 Å². The van der Waals surface area contributed by atoms with Gasteiger partial charge in [0.2, 0.25) is 5.91 Å². The largest absolute Gasteiger partial charge is 0.481 e. The van der Waals surface area contributed by atoms with Crippen LogP contribution in [0.15, 0.2) is 0 Å². The second kappa shape index (κ2) is 7.62. The van der Waals surface area contributed by atoms with Gasteiger partial charge >= 0.3 is 5.97 Å². The molecule has 116 valence electrons. The molecule has 0 aromatic carbocycles. The topological polar surface area (TPSA) is 69.6 Å². The predicted molar refractivity (Wildman–Crippen MR) is 78.5 cm³/mol. The highest BCUT2D eigenvalue weighted by atomic mass is 16.4. The molecular weight excluding hydrogens is 256 g/mol. The third kappa shape index (κ3) is 3.95. The van der Waals surface area contributed by atoms with Gasteiger partial charge in [-0.1, -0.05) is 13.3 Å². The number of carboxylic acid groups (broad SMARTS) is 1. The number of carboxylic acids is 1. The van der Waals surface area contributed by atoms with Gasteiger partial charge in [-0.15, -0.1) is 0 Å². The highest BCUT2D eigenvalue weighted by Gasteiger charge is 2.42. The molecule has 1 saturated heterocycles. The number of nitrogens with zero attached hydrogens (tertiary/aromatic N) is 1. The molecule has 1 aliphatic heterocycles. The van der Waals surface area contributed by atoms with Crippen molar-refractivity contribution in [2.45, 2.75) is 58.9 Å². The number of carbonyl (C=O) groups excluding carboxylic acids is 1. The molecule has 0 radical (unpaired) electrons. The molecule has 0 aromatic rings. The summed E-state index contributed by atoms with van der Waals surface area (Å²) in [6, 6.07) is -0.249. The van der Waals surface area contributed by atoms with Crippen molar-refractivity contribution in [3.63, 3.8) is 0 Å². The van der Waals surface area contributed by atoms with E-state index in [2.05, 4.69) is 12.2 Å². The summed E-state index contributed by atoms with van der Waals surface area (Å²) < 4.78 is 0. The van der Waals surface area contributed by atoms with Gasteiger partial charge in [-0.25, -0.2) is 0 Å². The Balaban J connectivity index is 2.87. The third-order valence-electron chi connectivity index (χ3n) is 4.26. The summed E-state index contributed by atoms with van der Waals surface area (Å²) in [5.74, 6) is -0.724. The minimum atomic E-state index is -0.852. The van der Waals surface area contributed by atoms with Crippen molar-refractivity contribution in [2.75, 3.05) is 19.6 Å². The van der Waals surface area contributed by atoms with Gasteiger partial charge in [-0.2, -0.15) is 0 Å². The third-order valence-corrected chi connectivity index (χ3v) is 4.26. The summed E-state index contributed by atoms with van der Waals surface area (Å²) in [5, 5.41) is 12.3. The number of hydrogen-bond donors (Lipinski definition) is 2. The first-order chi connectivity index (χ1) is 9.46. The Hall–Kier alpha value is -1.10. The molecular formula is C15H28N2O3. The van der Waals surface area contributed by atoms with Crippen molar-refractivity contribution >= 4 is 11.9 Å². The Morgan fingerprint density at radius 2 is 2.10 bits per heavy atom. The average Bonchev–Trinajstić information content (AvgIpc) is 2.40. The molecule has 1 rings (SSSR count). The van der Waals surface area contributed by atoms with Crippen LogP contribution < -0.4 is 5.32 Å². The van der Waals surface area contributed by atoms with Crippen molar-refractivity contribution in [1.29, 1.82) is 0 Å². The molecule has 5 nitrogen and oxygen atoms in total. The molecule has 2 unspecified atom stereocenters. The lowest BCUT2D eigenvalue weighted by Crippen LogP contribution is -2.54. The average molecular weight is 284 g/mol. The number of carbonyl (C=O) groups is 2. The van der Waals surface area contributed by atoms with Crippen LogP contribution in [0.1, 0.15) is 52.9 Å². The van der Waals surface area contributed by atoms with Gasteiger partial charge in [0, 0.05) is 19.1 Å². The first-order valence-corrected chi connectivity index (χ1v) is 7.70. The standard InChI is InChI=1S/C15H28N2O3/c1-4-7-15(8-6-9-16-11-15)14(20)17(5-2)12(3)10-13(18)19/h12,16H,4-11H2,1-3H3,(H,18,19). The Morgan fingerprint density at radius 3 is 2.55 bits per heavy atom. The van der Waals surface area contributed by atoms with Crippen LogP contribution in [0.25, 0.3) is 0 Å². The van der Waals surface area contributed by atoms with E-state index in [1.54, 1.807) is 4.90 Å². The minimum absolute atomic E-state index is 0.00914. The van der Waals surface area contributed by atoms with E-state index < -0.39 is 5.97 Å². The maximum atomic E-state index is 13.0. The van der Waals surface area contributed by atoms with Gasteiger partial charge in [0.25, 0.3) is 0 Å². The molecule has 0 aromatic heterocycles. The molecule has 0 spiro atoms. The molecule has 1 heterocycles. The van der Waals surface area contributed by atoms with E-state index >= 15 is 0 Å². The summed E-state index contributed by atoms with van der Waals surface area (Å²) in [5.41, 5.74) is -0.338. The van der Waals surface area contributed by atoms with Gasteiger partial charge in [0.1, 0.15) is 0 Å². The van der Waals surface area contributed by atoms with Gasteiger partial charge in [0.15, 0.2) is 0 Å². The molecule has 2 N–H and O–H groups in total. The SMILES string of the molecule is CCCC1(C(=O)N(CC)C(C)CC(=O)O)CCCNC1. The summed E-state index contributed by atoms with van der Waals surface area (Å²) in [4.78, 5) is 25.6. The van der Waals surface area contributed by atoms with E-state index in [0.717, 1.165) is 38.8 Å². The first kappa shape index (κ1) is 17.0. The summed E-state index contributed by atoms with van der Waals surface area (Å²) in [7, 11) is 0. The number of piperidine rings is 1. The number of hydrogen-bond acceptors (Lipinski definition) is 3. The van der Waals surface area contributed by atoms with Gasteiger partial charge < -0.3 is 15.3 Å². The molecule has 2 atom stereocenters. The zero-order valence-corrected chi connectivity index (χ0v) is 12.9.